The van der Waals surface area contributed by atoms with Crippen LogP contribution in [0.25, 0.3) is 0 Å². The number of aromatic nitrogens is 4. The van der Waals surface area contributed by atoms with E-state index < -0.39 is 0 Å². The number of hydrogen-bond acceptors (Lipinski definition) is 5. The van der Waals surface area contributed by atoms with E-state index in [0.29, 0.717) is 0 Å². The van der Waals surface area contributed by atoms with Crippen molar-refractivity contribution in [2.75, 3.05) is 20.3 Å². The Morgan fingerprint density at radius 1 is 1.33 bits per heavy atom. The van der Waals surface area contributed by atoms with Crippen molar-refractivity contribution in [2.45, 2.75) is 52.1 Å². The van der Waals surface area contributed by atoms with E-state index in [1.54, 1.807) is 7.11 Å². The van der Waals surface area contributed by atoms with Crippen LogP contribution in [0.1, 0.15) is 51.4 Å². The molecule has 0 amide bonds. The maximum atomic E-state index is 5.03. The van der Waals surface area contributed by atoms with Crippen LogP contribution in [0.15, 0.2) is 0 Å². The van der Waals surface area contributed by atoms with Gasteiger partial charge < -0.3 is 10.1 Å². The van der Waals surface area contributed by atoms with Crippen molar-refractivity contribution in [1.29, 1.82) is 0 Å². The second-order valence-corrected chi connectivity index (χ2v) is 4.49. The third-order valence-electron chi connectivity index (χ3n) is 2.87. The molecule has 1 aromatic rings. The number of rotatable bonds is 10. The highest BCUT2D eigenvalue weighted by atomic mass is 16.5. The lowest BCUT2D eigenvalue weighted by atomic mass is 10.2. The Hall–Kier alpha value is -1.01. The van der Waals surface area contributed by atoms with Gasteiger partial charge in [-0.2, -0.15) is 0 Å². The van der Waals surface area contributed by atoms with Crippen molar-refractivity contribution in [3.63, 3.8) is 0 Å². The summed E-state index contributed by atoms with van der Waals surface area (Å²) in [5.41, 5.74) is 0. The molecule has 6 heteroatoms. The van der Waals surface area contributed by atoms with Gasteiger partial charge in [0, 0.05) is 20.3 Å². The fourth-order valence-electron chi connectivity index (χ4n) is 1.82. The minimum absolute atomic E-state index is 0.207. The summed E-state index contributed by atoms with van der Waals surface area (Å²) in [4.78, 5) is 0. The van der Waals surface area contributed by atoms with Gasteiger partial charge in [0.15, 0.2) is 5.82 Å². The topological polar surface area (TPSA) is 64.9 Å². The Balaban J connectivity index is 2.34. The lowest BCUT2D eigenvalue weighted by Crippen LogP contribution is -2.23. The number of aryl methyl sites for hydroxylation is 1. The van der Waals surface area contributed by atoms with Gasteiger partial charge in [0.1, 0.15) is 0 Å². The Morgan fingerprint density at radius 2 is 2.17 bits per heavy atom. The predicted molar refractivity (Wildman–Crippen MR) is 70.3 cm³/mol. The first-order valence-corrected chi connectivity index (χ1v) is 6.78. The maximum Gasteiger partial charge on any atom is 0.167 e. The molecule has 0 saturated heterocycles. The first kappa shape index (κ1) is 15.0. The molecule has 1 rings (SSSR count). The quantitative estimate of drug-likeness (QED) is 0.643. The zero-order valence-corrected chi connectivity index (χ0v) is 11.7. The molecule has 0 radical (unpaired) electrons. The fourth-order valence-corrected chi connectivity index (χ4v) is 1.82. The second-order valence-electron chi connectivity index (χ2n) is 4.49. The zero-order valence-electron chi connectivity index (χ0n) is 11.7. The summed E-state index contributed by atoms with van der Waals surface area (Å²) >= 11 is 0. The monoisotopic (exact) mass is 255 g/mol. The minimum atomic E-state index is 0.207. The van der Waals surface area contributed by atoms with Crippen LogP contribution in [0.5, 0.6) is 0 Å². The summed E-state index contributed by atoms with van der Waals surface area (Å²) in [6, 6.07) is 0.207. The molecule has 1 heterocycles. The average molecular weight is 255 g/mol. The largest absolute Gasteiger partial charge is 0.385 e. The third-order valence-corrected chi connectivity index (χ3v) is 2.87. The van der Waals surface area contributed by atoms with Crippen LogP contribution >= 0.6 is 0 Å². The third kappa shape index (κ3) is 5.10. The van der Waals surface area contributed by atoms with Crippen molar-refractivity contribution < 1.29 is 4.74 Å². The number of hydrogen-bond donors (Lipinski definition) is 1. The van der Waals surface area contributed by atoms with Gasteiger partial charge >= 0.3 is 0 Å². The summed E-state index contributed by atoms with van der Waals surface area (Å²) in [5, 5.41) is 15.3. The van der Waals surface area contributed by atoms with E-state index in [2.05, 4.69) is 34.7 Å². The van der Waals surface area contributed by atoms with E-state index >= 15 is 0 Å². The molecular weight excluding hydrogens is 230 g/mol. The molecular formula is C12H25N5O. The molecule has 0 bridgehead atoms. The molecule has 0 spiro atoms. The van der Waals surface area contributed by atoms with Crippen molar-refractivity contribution in [2.24, 2.45) is 0 Å². The number of tetrazole rings is 1. The van der Waals surface area contributed by atoms with Crippen LogP contribution in [0, 0.1) is 0 Å². The van der Waals surface area contributed by atoms with Gasteiger partial charge in [0.2, 0.25) is 0 Å². The van der Waals surface area contributed by atoms with E-state index in [1.165, 1.54) is 0 Å². The van der Waals surface area contributed by atoms with Crippen LogP contribution in [0.3, 0.4) is 0 Å². The summed E-state index contributed by atoms with van der Waals surface area (Å²) in [6.07, 6.45) is 4.44. The van der Waals surface area contributed by atoms with E-state index in [0.717, 1.165) is 51.2 Å². The summed E-state index contributed by atoms with van der Waals surface area (Å²) < 4.78 is 6.93. The number of methoxy groups -OCH3 is 1. The zero-order chi connectivity index (χ0) is 13.2. The van der Waals surface area contributed by atoms with E-state index in [1.807, 2.05) is 4.68 Å². The van der Waals surface area contributed by atoms with Gasteiger partial charge in [-0.1, -0.05) is 6.92 Å². The number of nitrogens with zero attached hydrogens (tertiary/aromatic N) is 4. The van der Waals surface area contributed by atoms with Crippen LogP contribution in [-0.4, -0.2) is 40.5 Å². The predicted octanol–water partition coefficient (Wildman–Crippen LogP) is 1.55. The van der Waals surface area contributed by atoms with Crippen LogP contribution in [0.2, 0.25) is 0 Å². The van der Waals surface area contributed by atoms with Gasteiger partial charge in [0.25, 0.3) is 0 Å². The highest BCUT2D eigenvalue weighted by molar-refractivity contribution is 4.89. The first-order valence-electron chi connectivity index (χ1n) is 6.78. The average Bonchev–Trinajstić information content (AvgIpc) is 2.84. The van der Waals surface area contributed by atoms with E-state index in [9.17, 15) is 0 Å². The van der Waals surface area contributed by atoms with Crippen LogP contribution in [0.4, 0.5) is 0 Å². The molecule has 0 aromatic carbocycles. The Bertz CT molecular complexity index is 315. The van der Waals surface area contributed by atoms with E-state index in [-0.39, 0.29) is 6.04 Å². The van der Waals surface area contributed by atoms with Crippen molar-refractivity contribution >= 4 is 0 Å². The number of unbranched alkanes of at least 4 members (excludes halogenated alkanes) is 2. The lowest BCUT2D eigenvalue weighted by molar-refractivity contribution is 0.191. The molecule has 0 saturated carbocycles. The molecule has 0 aliphatic heterocycles. The molecule has 1 N–H and O–H groups in total. The number of ether oxygens (including phenoxy) is 1. The SMILES string of the molecule is CCCNC(C)c1nnnn1CCCCCOC. The van der Waals surface area contributed by atoms with Crippen LogP contribution in [-0.2, 0) is 11.3 Å². The molecule has 104 valence electrons. The Labute approximate surface area is 109 Å². The Morgan fingerprint density at radius 3 is 2.89 bits per heavy atom. The van der Waals surface area contributed by atoms with Gasteiger partial charge in [-0.05, 0) is 49.6 Å². The highest BCUT2D eigenvalue weighted by Gasteiger charge is 2.12. The summed E-state index contributed by atoms with van der Waals surface area (Å²) in [6.45, 7) is 6.95. The van der Waals surface area contributed by atoms with E-state index in [4.69, 9.17) is 4.74 Å². The standard InChI is InChI=1S/C12H25N5O/c1-4-8-13-11(2)12-14-15-16-17(12)9-6-5-7-10-18-3/h11,13H,4-10H2,1-3H3. The van der Waals surface area contributed by atoms with Crippen LogP contribution < -0.4 is 5.32 Å². The van der Waals surface area contributed by atoms with Gasteiger partial charge in [-0.3, -0.25) is 0 Å². The maximum absolute atomic E-state index is 5.03. The molecule has 0 fully saturated rings. The van der Waals surface area contributed by atoms with Gasteiger partial charge in [0.05, 0.1) is 6.04 Å². The molecule has 6 nitrogen and oxygen atoms in total. The van der Waals surface area contributed by atoms with Crippen molar-refractivity contribution in [3.05, 3.63) is 5.82 Å². The molecule has 1 aromatic heterocycles. The van der Waals surface area contributed by atoms with Gasteiger partial charge in [-0.25, -0.2) is 4.68 Å². The molecule has 1 unspecified atom stereocenters. The summed E-state index contributed by atoms with van der Waals surface area (Å²) in [7, 11) is 1.74. The second kappa shape index (κ2) is 8.99. The van der Waals surface area contributed by atoms with Crippen molar-refractivity contribution in [1.82, 2.24) is 25.5 Å². The molecule has 0 aliphatic carbocycles. The lowest BCUT2D eigenvalue weighted by Gasteiger charge is -2.12. The fraction of sp³-hybridized carbons (Fsp3) is 0.917. The smallest absolute Gasteiger partial charge is 0.167 e. The number of nitrogens with one attached hydrogen (secondary N) is 1. The molecule has 18 heavy (non-hydrogen) atoms. The van der Waals surface area contributed by atoms with Gasteiger partial charge in [-0.15, -0.1) is 5.10 Å². The Kier molecular flexibility index (Phi) is 7.52. The highest BCUT2D eigenvalue weighted by Crippen LogP contribution is 2.08. The molecule has 1 atom stereocenters. The first-order chi connectivity index (χ1) is 8.79. The normalized spacial score (nSPS) is 12.8. The summed E-state index contributed by atoms with van der Waals surface area (Å²) in [5.74, 6) is 0.926. The van der Waals surface area contributed by atoms with Crippen molar-refractivity contribution in [3.8, 4) is 0 Å². The molecule has 0 aliphatic rings. The minimum Gasteiger partial charge on any atom is -0.385 e.